The number of ether oxygens (including phenoxy) is 5. The summed E-state index contributed by atoms with van der Waals surface area (Å²) in [5, 5.41) is 9.55. The quantitative estimate of drug-likeness (QED) is 0.180. The second-order valence-electron chi connectivity index (χ2n) is 13.3. The zero-order valence-electron chi connectivity index (χ0n) is 30.8. The lowest BCUT2D eigenvalue weighted by molar-refractivity contribution is -0.123. The van der Waals surface area contributed by atoms with Crippen molar-refractivity contribution in [1.82, 2.24) is 10.6 Å². The van der Waals surface area contributed by atoms with Gasteiger partial charge in [-0.05, 0) is 83.7 Å². The lowest BCUT2D eigenvalue weighted by Gasteiger charge is -2.27. The van der Waals surface area contributed by atoms with E-state index in [9.17, 15) is 14.4 Å². The van der Waals surface area contributed by atoms with Crippen molar-refractivity contribution >= 4 is 17.5 Å². The Morgan fingerprint density at radius 1 is 0.820 bits per heavy atom. The average molecular weight is 690 g/mol. The Bertz CT molecular complexity index is 1760. The number of amides is 2. The molecule has 4 rings (SSSR count). The van der Waals surface area contributed by atoms with Gasteiger partial charge in [0.05, 0.1) is 53.3 Å². The highest BCUT2D eigenvalue weighted by molar-refractivity contribution is 5.86. The molecular formula is C39H51N3O8. The van der Waals surface area contributed by atoms with Crippen LogP contribution in [0.5, 0.6) is 28.7 Å². The van der Waals surface area contributed by atoms with Gasteiger partial charge in [0.15, 0.2) is 23.0 Å². The maximum Gasteiger partial charge on any atom is 0.242 e. The van der Waals surface area contributed by atoms with Gasteiger partial charge in [-0.2, -0.15) is 0 Å². The van der Waals surface area contributed by atoms with Crippen molar-refractivity contribution in [2.24, 2.45) is 11.8 Å². The summed E-state index contributed by atoms with van der Waals surface area (Å²) in [5.74, 6) is 2.32. The fraction of sp³-hybridized carbons (Fsp3) is 0.462. The molecule has 1 unspecified atom stereocenters. The number of hydrogen-bond donors (Lipinski definition) is 3. The summed E-state index contributed by atoms with van der Waals surface area (Å²) >= 11 is 0. The normalized spacial score (nSPS) is 14.8. The molecule has 0 heterocycles. The molecule has 0 radical (unpaired) electrons. The van der Waals surface area contributed by atoms with Gasteiger partial charge < -0.3 is 39.6 Å². The van der Waals surface area contributed by atoms with Crippen LogP contribution < -0.4 is 45.1 Å². The van der Waals surface area contributed by atoms with Gasteiger partial charge in [0.1, 0.15) is 6.04 Å². The third-order valence-electron chi connectivity index (χ3n) is 9.00. The summed E-state index contributed by atoms with van der Waals surface area (Å²) in [6, 6.07) is 11.1. The van der Waals surface area contributed by atoms with E-state index in [0.29, 0.717) is 59.1 Å². The zero-order valence-corrected chi connectivity index (χ0v) is 30.8. The Morgan fingerprint density at radius 3 is 2.08 bits per heavy atom. The number of methoxy groups -OCH3 is 5. The van der Waals surface area contributed by atoms with Gasteiger partial charge in [0.2, 0.25) is 23.0 Å². The molecule has 11 nitrogen and oxygen atoms in total. The second kappa shape index (κ2) is 16.7. The van der Waals surface area contributed by atoms with Crippen molar-refractivity contribution in [3.63, 3.8) is 0 Å². The molecule has 0 aromatic heterocycles. The van der Waals surface area contributed by atoms with E-state index < -0.39 is 12.1 Å². The molecule has 0 bridgehead atoms. The summed E-state index contributed by atoms with van der Waals surface area (Å²) in [5.41, 5.74) is 3.84. The minimum atomic E-state index is -0.719. The van der Waals surface area contributed by atoms with Gasteiger partial charge in [-0.15, -0.1) is 0 Å². The first-order valence-electron chi connectivity index (χ1n) is 16.9. The van der Waals surface area contributed by atoms with Crippen LogP contribution in [0.1, 0.15) is 76.2 Å². The monoisotopic (exact) mass is 689 g/mol. The molecule has 0 spiro atoms. The third kappa shape index (κ3) is 8.26. The molecule has 1 aliphatic rings. The van der Waals surface area contributed by atoms with Crippen LogP contribution in [-0.2, 0) is 16.0 Å². The highest BCUT2D eigenvalue weighted by Crippen LogP contribution is 2.50. The topological polar surface area (TPSA) is 133 Å². The van der Waals surface area contributed by atoms with Crippen molar-refractivity contribution in [2.45, 2.75) is 72.0 Å². The average Bonchev–Trinajstić information content (AvgIpc) is 3.33. The van der Waals surface area contributed by atoms with E-state index in [4.69, 9.17) is 23.7 Å². The van der Waals surface area contributed by atoms with E-state index in [0.717, 1.165) is 16.7 Å². The Kier molecular flexibility index (Phi) is 12.6. The van der Waals surface area contributed by atoms with Crippen LogP contribution in [0.2, 0.25) is 0 Å². The SMILES string of the molecule is COc1ccc(C(NC(=O)[C@H](CC(C)C)Nc2ccc3c(cc2=O)[C@@H](NC(C)=O)CCc2cc(OC)c(OC)c(OC)c2-3)C(C)C)cc1OC. The molecule has 0 saturated heterocycles. The van der Waals surface area contributed by atoms with Gasteiger partial charge in [-0.25, -0.2) is 0 Å². The van der Waals surface area contributed by atoms with Crippen LogP contribution in [0.4, 0.5) is 5.69 Å². The number of hydrogen-bond acceptors (Lipinski definition) is 9. The molecule has 0 fully saturated rings. The number of carbonyl (C=O) groups is 2. The van der Waals surface area contributed by atoms with Crippen molar-refractivity contribution in [3.05, 3.63) is 69.4 Å². The van der Waals surface area contributed by atoms with E-state index in [1.165, 1.54) is 6.92 Å². The summed E-state index contributed by atoms with van der Waals surface area (Å²) < 4.78 is 28.2. The molecule has 50 heavy (non-hydrogen) atoms. The van der Waals surface area contributed by atoms with E-state index in [2.05, 4.69) is 16.0 Å². The highest BCUT2D eigenvalue weighted by Gasteiger charge is 2.31. The van der Waals surface area contributed by atoms with E-state index in [1.807, 2.05) is 58.0 Å². The Labute approximate surface area is 295 Å². The molecule has 0 saturated carbocycles. The molecule has 3 N–H and O–H groups in total. The minimum absolute atomic E-state index is 0.0494. The molecule has 3 aromatic carbocycles. The smallest absolute Gasteiger partial charge is 0.242 e. The number of carbonyl (C=O) groups excluding carboxylic acids is 2. The first-order valence-corrected chi connectivity index (χ1v) is 16.9. The van der Waals surface area contributed by atoms with Crippen molar-refractivity contribution in [1.29, 1.82) is 0 Å². The first kappa shape index (κ1) is 37.9. The van der Waals surface area contributed by atoms with Crippen LogP contribution in [0.15, 0.2) is 47.3 Å². The van der Waals surface area contributed by atoms with Gasteiger partial charge in [0, 0.05) is 12.5 Å². The molecule has 3 atom stereocenters. The maximum absolute atomic E-state index is 14.1. The van der Waals surface area contributed by atoms with Crippen molar-refractivity contribution < 1.29 is 33.3 Å². The summed E-state index contributed by atoms with van der Waals surface area (Å²) in [4.78, 5) is 40.5. The predicted molar refractivity (Wildman–Crippen MR) is 195 cm³/mol. The summed E-state index contributed by atoms with van der Waals surface area (Å²) in [6.07, 6.45) is 1.60. The van der Waals surface area contributed by atoms with Gasteiger partial charge in [0.25, 0.3) is 0 Å². The highest BCUT2D eigenvalue weighted by atomic mass is 16.5. The number of nitrogens with one attached hydrogen (secondary N) is 3. The fourth-order valence-electron chi connectivity index (χ4n) is 6.65. The van der Waals surface area contributed by atoms with Crippen LogP contribution in [0.3, 0.4) is 0 Å². The van der Waals surface area contributed by atoms with Crippen molar-refractivity contribution in [2.75, 3.05) is 40.9 Å². The molecule has 2 amide bonds. The van der Waals surface area contributed by atoms with Crippen LogP contribution in [-0.4, -0.2) is 53.4 Å². The molecule has 11 heteroatoms. The molecule has 1 aliphatic carbocycles. The first-order chi connectivity index (χ1) is 23.9. The maximum atomic E-state index is 14.1. The van der Waals surface area contributed by atoms with Crippen molar-refractivity contribution in [3.8, 4) is 39.9 Å². The molecular weight excluding hydrogens is 638 g/mol. The predicted octanol–water partition coefficient (Wildman–Crippen LogP) is 6.22. The Balaban J connectivity index is 1.81. The number of aryl methyl sites for hydroxylation is 1. The molecule has 3 aromatic rings. The summed E-state index contributed by atoms with van der Waals surface area (Å²) in [7, 11) is 7.83. The lowest BCUT2D eigenvalue weighted by Crippen LogP contribution is -2.44. The lowest BCUT2D eigenvalue weighted by atomic mass is 9.94. The number of rotatable bonds is 14. The van der Waals surface area contributed by atoms with Gasteiger partial charge in [-0.3, -0.25) is 14.4 Å². The van der Waals surface area contributed by atoms with Crippen LogP contribution in [0, 0.1) is 11.8 Å². The van der Waals surface area contributed by atoms with Gasteiger partial charge >= 0.3 is 0 Å². The Morgan fingerprint density at radius 2 is 1.50 bits per heavy atom. The van der Waals surface area contributed by atoms with E-state index >= 15 is 0 Å². The number of anilines is 1. The van der Waals surface area contributed by atoms with Crippen LogP contribution >= 0.6 is 0 Å². The fourth-order valence-corrected chi connectivity index (χ4v) is 6.65. The minimum Gasteiger partial charge on any atom is -0.493 e. The number of fused-ring (bicyclic) bond motifs is 3. The third-order valence-corrected chi connectivity index (χ3v) is 9.00. The molecule has 0 aliphatic heterocycles. The van der Waals surface area contributed by atoms with Crippen LogP contribution in [0.25, 0.3) is 11.1 Å². The summed E-state index contributed by atoms with van der Waals surface area (Å²) in [6.45, 7) is 9.60. The zero-order chi connectivity index (χ0) is 36.7. The standard InChI is InChI=1S/C39H51N3O8/c1-21(2)17-30(39(45)42-36(22(3)4)25-12-16-32(46-6)33(19-25)47-7)41-29-15-13-26-27(20-31(29)44)28(40-23(5)43)14-11-24-18-34(48-8)37(49-9)38(50-10)35(24)26/h12-13,15-16,18-22,28,30,36H,11,14,17H2,1-10H3,(H,40,43)(H,41,44)(H,42,45)/t28-,30-,36?/m0/s1. The molecule has 270 valence electrons. The second-order valence-corrected chi connectivity index (χ2v) is 13.3. The van der Waals surface area contributed by atoms with Gasteiger partial charge in [-0.1, -0.05) is 39.8 Å². The van der Waals surface area contributed by atoms with E-state index in [1.54, 1.807) is 47.7 Å². The number of benzene rings is 2. The largest absolute Gasteiger partial charge is 0.493 e. The van der Waals surface area contributed by atoms with E-state index in [-0.39, 0.29) is 40.8 Å². The Hall–Kier alpha value is -4.93.